The lowest BCUT2D eigenvalue weighted by molar-refractivity contribution is -0.127. The number of nitrogens with zero attached hydrogens (tertiary/aromatic N) is 1. The van der Waals surface area contributed by atoms with Gasteiger partial charge in [-0.1, -0.05) is 12.1 Å². The van der Waals surface area contributed by atoms with E-state index in [1.807, 2.05) is 0 Å². The number of aliphatic hydroxyl groups is 1. The molecule has 3 atom stereocenters. The molecule has 1 aromatic carbocycles. The number of methoxy groups -OCH3 is 1. The zero-order valence-electron chi connectivity index (χ0n) is 15.5. The number of halogens is 1. The summed E-state index contributed by atoms with van der Waals surface area (Å²) in [5, 5.41) is 13.1. The number of aliphatic hydroxyl groups excluding tert-OH is 1. The molecule has 1 aromatic rings. The number of benzene rings is 1. The number of carbonyl (C=O) groups is 1. The molecule has 1 fully saturated rings. The third-order valence-electron chi connectivity index (χ3n) is 4.70. The van der Waals surface area contributed by atoms with Gasteiger partial charge in [0.05, 0.1) is 12.5 Å². The Kier molecular flexibility index (Phi) is 8.28. The summed E-state index contributed by atoms with van der Waals surface area (Å²) in [6.07, 6.45) is 0.967. The molecule has 0 spiro atoms. The number of carbonyl (C=O) groups excluding carboxylic acids is 1. The standard InChI is InChI=1S/C19H29FN2O4/c1-14-7-8-15(19(24)21-9-10-25-2)11-22(14)12-16(23)13-26-18-6-4-3-5-17(18)20/h3-6,14-16,23H,7-13H2,1-2H3,(H,21,24). The lowest BCUT2D eigenvalue weighted by atomic mass is 9.92. The van der Waals surface area contributed by atoms with Crippen LogP contribution in [0, 0.1) is 11.7 Å². The maximum atomic E-state index is 13.6. The van der Waals surface area contributed by atoms with Gasteiger partial charge < -0.3 is 19.9 Å². The molecule has 1 amide bonds. The number of likely N-dealkylation sites (tertiary alicyclic amines) is 1. The van der Waals surface area contributed by atoms with E-state index in [9.17, 15) is 14.3 Å². The maximum absolute atomic E-state index is 13.6. The lowest BCUT2D eigenvalue weighted by Gasteiger charge is -2.38. The quantitative estimate of drug-likeness (QED) is 0.645. The molecule has 146 valence electrons. The van der Waals surface area contributed by atoms with Gasteiger partial charge in [0.1, 0.15) is 12.7 Å². The Labute approximate surface area is 154 Å². The predicted octanol–water partition coefficient (Wildman–Crippen LogP) is 1.43. The Hall–Kier alpha value is -1.70. The van der Waals surface area contributed by atoms with Crippen molar-refractivity contribution in [2.75, 3.05) is 40.0 Å². The van der Waals surface area contributed by atoms with E-state index in [0.29, 0.717) is 26.2 Å². The van der Waals surface area contributed by atoms with Gasteiger partial charge >= 0.3 is 0 Å². The minimum Gasteiger partial charge on any atom is -0.488 e. The van der Waals surface area contributed by atoms with Crippen molar-refractivity contribution in [2.24, 2.45) is 5.92 Å². The van der Waals surface area contributed by atoms with Gasteiger partial charge in [0.25, 0.3) is 0 Å². The first-order valence-corrected chi connectivity index (χ1v) is 9.07. The van der Waals surface area contributed by atoms with Gasteiger partial charge in [-0.15, -0.1) is 0 Å². The van der Waals surface area contributed by atoms with Crippen molar-refractivity contribution < 1.29 is 23.8 Å². The van der Waals surface area contributed by atoms with Crippen molar-refractivity contribution in [3.63, 3.8) is 0 Å². The highest BCUT2D eigenvalue weighted by atomic mass is 19.1. The fraction of sp³-hybridized carbons (Fsp3) is 0.632. The molecule has 6 nitrogen and oxygen atoms in total. The molecule has 7 heteroatoms. The van der Waals surface area contributed by atoms with Gasteiger partial charge in [-0.2, -0.15) is 0 Å². The Morgan fingerprint density at radius 3 is 2.92 bits per heavy atom. The number of ether oxygens (including phenoxy) is 2. The van der Waals surface area contributed by atoms with Crippen molar-refractivity contribution in [2.45, 2.75) is 31.9 Å². The first-order chi connectivity index (χ1) is 12.5. The highest BCUT2D eigenvalue weighted by Gasteiger charge is 2.30. The van der Waals surface area contributed by atoms with Crippen LogP contribution in [0.3, 0.4) is 0 Å². The first-order valence-electron chi connectivity index (χ1n) is 9.07. The molecule has 1 aliphatic rings. The Bertz CT molecular complexity index is 572. The molecular weight excluding hydrogens is 339 g/mol. The van der Waals surface area contributed by atoms with Crippen LogP contribution in [-0.2, 0) is 9.53 Å². The topological polar surface area (TPSA) is 71.0 Å². The summed E-state index contributed by atoms with van der Waals surface area (Å²) in [4.78, 5) is 14.3. The molecule has 0 aliphatic carbocycles. The maximum Gasteiger partial charge on any atom is 0.224 e. The van der Waals surface area contributed by atoms with Gasteiger partial charge in [0.15, 0.2) is 11.6 Å². The summed E-state index contributed by atoms with van der Waals surface area (Å²) >= 11 is 0. The molecule has 2 rings (SSSR count). The van der Waals surface area contributed by atoms with Gasteiger partial charge in [-0.05, 0) is 31.9 Å². The van der Waals surface area contributed by atoms with Crippen LogP contribution in [0.1, 0.15) is 19.8 Å². The molecule has 0 saturated carbocycles. The summed E-state index contributed by atoms with van der Waals surface area (Å²) < 4.78 is 23.9. The van der Waals surface area contributed by atoms with E-state index < -0.39 is 11.9 Å². The summed E-state index contributed by atoms with van der Waals surface area (Å²) in [6, 6.07) is 6.41. The van der Waals surface area contributed by atoms with E-state index in [0.717, 1.165) is 12.8 Å². The molecule has 1 saturated heterocycles. The largest absolute Gasteiger partial charge is 0.488 e. The normalized spacial score (nSPS) is 22.0. The van der Waals surface area contributed by atoms with Crippen LogP contribution in [0.25, 0.3) is 0 Å². The van der Waals surface area contributed by atoms with Crippen molar-refractivity contribution >= 4 is 5.91 Å². The predicted molar refractivity (Wildman–Crippen MR) is 96.5 cm³/mol. The van der Waals surface area contributed by atoms with Crippen molar-refractivity contribution in [3.05, 3.63) is 30.1 Å². The van der Waals surface area contributed by atoms with Crippen LogP contribution in [0.5, 0.6) is 5.75 Å². The third kappa shape index (κ3) is 6.23. The van der Waals surface area contributed by atoms with Crippen molar-refractivity contribution in [1.82, 2.24) is 10.2 Å². The zero-order chi connectivity index (χ0) is 18.9. The summed E-state index contributed by atoms with van der Waals surface area (Å²) in [7, 11) is 1.60. The van der Waals surface area contributed by atoms with E-state index in [-0.39, 0.29) is 30.2 Å². The van der Waals surface area contributed by atoms with Crippen LogP contribution >= 0.6 is 0 Å². The fourth-order valence-electron chi connectivity index (χ4n) is 3.14. The second kappa shape index (κ2) is 10.4. The number of amides is 1. The van der Waals surface area contributed by atoms with E-state index in [1.54, 1.807) is 19.2 Å². The number of β-amino-alcohol motifs (C(OH)–C–C–N with tert-alkyl or cyclic N) is 1. The van der Waals surface area contributed by atoms with Gasteiger partial charge in [-0.3, -0.25) is 9.69 Å². The molecule has 1 heterocycles. The van der Waals surface area contributed by atoms with Crippen LogP contribution in [0.2, 0.25) is 0 Å². The molecule has 0 bridgehead atoms. The Balaban J connectivity index is 1.80. The van der Waals surface area contributed by atoms with E-state index in [1.165, 1.54) is 12.1 Å². The second-order valence-electron chi connectivity index (χ2n) is 6.76. The van der Waals surface area contributed by atoms with Crippen molar-refractivity contribution in [1.29, 1.82) is 0 Å². The minimum absolute atomic E-state index is 0.00878. The van der Waals surface area contributed by atoms with E-state index in [2.05, 4.69) is 17.1 Å². The van der Waals surface area contributed by atoms with Gasteiger partial charge in [0, 0.05) is 32.8 Å². The summed E-state index contributed by atoms with van der Waals surface area (Å²) in [5.74, 6) is -0.383. The summed E-state index contributed by atoms with van der Waals surface area (Å²) in [5.41, 5.74) is 0. The van der Waals surface area contributed by atoms with Crippen LogP contribution in [0.4, 0.5) is 4.39 Å². The van der Waals surface area contributed by atoms with Crippen LogP contribution in [-0.4, -0.2) is 68.0 Å². The second-order valence-corrected chi connectivity index (χ2v) is 6.76. The van der Waals surface area contributed by atoms with Crippen LogP contribution < -0.4 is 10.1 Å². The number of nitrogens with one attached hydrogen (secondary N) is 1. The molecule has 0 aromatic heterocycles. The number of rotatable bonds is 9. The molecular formula is C19H29FN2O4. The van der Waals surface area contributed by atoms with Gasteiger partial charge in [0.2, 0.25) is 5.91 Å². The average Bonchev–Trinajstić information content (AvgIpc) is 2.63. The summed E-state index contributed by atoms with van der Waals surface area (Å²) in [6.45, 7) is 4.07. The molecule has 1 aliphatic heterocycles. The molecule has 2 N–H and O–H groups in total. The van der Waals surface area contributed by atoms with Crippen molar-refractivity contribution in [3.8, 4) is 5.75 Å². The SMILES string of the molecule is COCCNC(=O)C1CCC(C)N(CC(O)COc2ccccc2F)C1. The highest BCUT2D eigenvalue weighted by molar-refractivity contribution is 5.78. The van der Waals surface area contributed by atoms with Gasteiger partial charge in [-0.25, -0.2) is 4.39 Å². The monoisotopic (exact) mass is 368 g/mol. The first kappa shape index (κ1) is 20.6. The Morgan fingerprint density at radius 2 is 2.19 bits per heavy atom. The number of hydrogen-bond donors (Lipinski definition) is 2. The Morgan fingerprint density at radius 1 is 1.42 bits per heavy atom. The number of hydrogen-bond acceptors (Lipinski definition) is 5. The number of piperidine rings is 1. The lowest BCUT2D eigenvalue weighted by Crippen LogP contribution is -2.50. The highest BCUT2D eigenvalue weighted by Crippen LogP contribution is 2.22. The molecule has 0 radical (unpaired) electrons. The van der Waals surface area contributed by atoms with E-state index in [4.69, 9.17) is 9.47 Å². The average molecular weight is 368 g/mol. The third-order valence-corrected chi connectivity index (χ3v) is 4.70. The molecule has 26 heavy (non-hydrogen) atoms. The van der Waals surface area contributed by atoms with E-state index >= 15 is 0 Å². The minimum atomic E-state index is -0.757. The zero-order valence-corrected chi connectivity index (χ0v) is 15.5. The fourth-order valence-corrected chi connectivity index (χ4v) is 3.14. The molecule has 3 unspecified atom stereocenters. The van der Waals surface area contributed by atoms with Crippen LogP contribution in [0.15, 0.2) is 24.3 Å². The smallest absolute Gasteiger partial charge is 0.224 e. The number of para-hydroxylation sites is 1.